The third-order valence-electron chi connectivity index (χ3n) is 3.39. The molecule has 0 radical (unpaired) electrons. The molecule has 1 atom stereocenters. The minimum atomic E-state index is 0.286. The van der Waals surface area contributed by atoms with E-state index >= 15 is 0 Å². The van der Waals surface area contributed by atoms with Crippen LogP contribution in [0.4, 0.5) is 5.69 Å². The van der Waals surface area contributed by atoms with Crippen LogP contribution in [0.1, 0.15) is 34.9 Å². The molecule has 0 fully saturated rings. The molecule has 0 saturated heterocycles. The molecular formula is C14H14Cl2N2S. The third kappa shape index (κ3) is 2.73. The number of thiophene rings is 1. The van der Waals surface area contributed by atoms with Gasteiger partial charge in [-0.25, -0.2) is 4.98 Å². The number of aromatic nitrogens is 1. The molecule has 0 aromatic carbocycles. The summed E-state index contributed by atoms with van der Waals surface area (Å²) >= 11 is 14.0. The summed E-state index contributed by atoms with van der Waals surface area (Å²) in [7, 11) is 0. The maximum Gasteiger partial charge on any atom is 0.152 e. The molecule has 100 valence electrons. The van der Waals surface area contributed by atoms with Crippen LogP contribution in [-0.2, 0) is 6.42 Å². The van der Waals surface area contributed by atoms with Crippen LogP contribution in [0.5, 0.6) is 0 Å². The van der Waals surface area contributed by atoms with Crippen molar-refractivity contribution in [2.45, 2.75) is 32.2 Å². The SMILES string of the molecule is Cc1cnc(Cl)c(NC2CCCc3sc(Cl)cc32)c1. The van der Waals surface area contributed by atoms with Crippen molar-refractivity contribution in [2.24, 2.45) is 0 Å². The van der Waals surface area contributed by atoms with Crippen LogP contribution in [0.2, 0.25) is 9.49 Å². The highest BCUT2D eigenvalue weighted by Gasteiger charge is 2.23. The van der Waals surface area contributed by atoms with Crippen molar-refractivity contribution in [3.8, 4) is 0 Å². The molecule has 5 heteroatoms. The van der Waals surface area contributed by atoms with Crippen LogP contribution in [0, 0.1) is 6.92 Å². The number of hydrogen-bond donors (Lipinski definition) is 1. The Kier molecular flexibility index (Phi) is 3.70. The van der Waals surface area contributed by atoms with Gasteiger partial charge >= 0.3 is 0 Å². The van der Waals surface area contributed by atoms with Crippen molar-refractivity contribution >= 4 is 40.2 Å². The summed E-state index contributed by atoms with van der Waals surface area (Å²) in [6.45, 7) is 2.02. The summed E-state index contributed by atoms with van der Waals surface area (Å²) in [5.74, 6) is 0. The largest absolute Gasteiger partial charge is 0.376 e. The topological polar surface area (TPSA) is 24.9 Å². The number of hydrogen-bond acceptors (Lipinski definition) is 3. The summed E-state index contributed by atoms with van der Waals surface area (Å²) in [5.41, 5.74) is 3.33. The van der Waals surface area contributed by atoms with Gasteiger partial charge in [0.25, 0.3) is 0 Å². The predicted octanol–water partition coefficient (Wildman–Crippen LogP) is 5.25. The second kappa shape index (κ2) is 5.31. The number of nitrogens with one attached hydrogen (secondary N) is 1. The fourth-order valence-corrected chi connectivity index (χ4v) is 4.05. The number of nitrogens with zero attached hydrogens (tertiary/aromatic N) is 1. The van der Waals surface area contributed by atoms with Gasteiger partial charge in [0, 0.05) is 11.1 Å². The second-order valence-corrected chi connectivity index (χ2v) is 7.00. The van der Waals surface area contributed by atoms with E-state index in [4.69, 9.17) is 23.2 Å². The number of aryl methyl sites for hydroxylation is 2. The van der Waals surface area contributed by atoms with Gasteiger partial charge in [-0.3, -0.25) is 0 Å². The standard InChI is InChI=1S/C14H14Cl2N2S/c1-8-5-11(14(16)17-7-8)18-10-3-2-4-12-9(10)6-13(15)19-12/h5-7,10,18H,2-4H2,1H3. The van der Waals surface area contributed by atoms with Crippen molar-refractivity contribution in [1.29, 1.82) is 0 Å². The molecule has 0 spiro atoms. The first-order valence-electron chi connectivity index (χ1n) is 6.30. The highest BCUT2D eigenvalue weighted by atomic mass is 35.5. The molecule has 2 heterocycles. The molecular weight excluding hydrogens is 299 g/mol. The predicted molar refractivity (Wildman–Crippen MR) is 82.6 cm³/mol. The quantitative estimate of drug-likeness (QED) is 0.766. The molecule has 1 unspecified atom stereocenters. The maximum absolute atomic E-state index is 6.15. The van der Waals surface area contributed by atoms with Gasteiger partial charge in [-0.1, -0.05) is 23.2 Å². The smallest absolute Gasteiger partial charge is 0.152 e. The van der Waals surface area contributed by atoms with E-state index in [1.165, 1.54) is 16.9 Å². The van der Waals surface area contributed by atoms with Gasteiger partial charge in [-0.05, 0) is 49.4 Å². The minimum Gasteiger partial charge on any atom is -0.376 e. The molecule has 19 heavy (non-hydrogen) atoms. The summed E-state index contributed by atoms with van der Waals surface area (Å²) in [6.07, 6.45) is 5.19. The van der Waals surface area contributed by atoms with Crippen LogP contribution >= 0.6 is 34.5 Å². The van der Waals surface area contributed by atoms with E-state index in [-0.39, 0.29) is 6.04 Å². The average Bonchev–Trinajstić information content (AvgIpc) is 2.75. The van der Waals surface area contributed by atoms with Crippen molar-refractivity contribution < 1.29 is 0 Å². The van der Waals surface area contributed by atoms with Crippen molar-refractivity contribution in [3.05, 3.63) is 43.8 Å². The first-order chi connectivity index (χ1) is 9.13. The molecule has 0 aliphatic heterocycles. The van der Waals surface area contributed by atoms with Crippen LogP contribution in [0.15, 0.2) is 18.3 Å². The zero-order valence-corrected chi connectivity index (χ0v) is 12.9. The molecule has 0 saturated carbocycles. The van der Waals surface area contributed by atoms with E-state index in [1.807, 2.05) is 13.0 Å². The van der Waals surface area contributed by atoms with E-state index in [9.17, 15) is 0 Å². The Labute approximate surface area is 126 Å². The fraction of sp³-hybridized carbons (Fsp3) is 0.357. The van der Waals surface area contributed by atoms with Gasteiger partial charge in [0.1, 0.15) is 0 Å². The Morgan fingerprint density at radius 2 is 2.21 bits per heavy atom. The maximum atomic E-state index is 6.15. The van der Waals surface area contributed by atoms with E-state index in [1.54, 1.807) is 17.5 Å². The molecule has 0 bridgehead atoms. The lowest BCUT2D eigenvalue weighted by Crippen LogP contribution is -2.16. The zero-order chi connectivity index (χ0) is 13.4. The van der Waals surface area contributed by atoms with Gasteiger partial charge in [-0.2, -0.15) is 0 Å². The lowest BCUT2D eigenvalue weighted by Gasteiger charge is -2.25. The van der Waals surface area contributed by atoms with E-state index in [0.717, 1.165) is 28.4 Å². The molecule has 0 amide bonds. The highest BCUT2D eigenvalue weighted by molar-refractivity contribution is 7.16. The second-order valence-electron chi connectivity index (χ2n) is 4.87. The number of fused-ring (bicyclic) bond motifs is 1. The van der Waals surface area contributed by atoms with Crippen LogP contribution < -0.4 is 5.32 Å². The Balaban J connectivity index is 1.90. The van der Waals surface area contributed by atoms with Crippen molar-refractivity contribution in [3.63, 3.8) is 0 Å². The molecule has 1 aliphatic carbocycles. The molecule has 1 N–H and O–H groups in total. The normalized spacial score (nSPS) is 18.2. The van der Waals surface area contributed by atoms with Crippen molar-refractivity contribution in [2.75, 3.05) is 5.32 Å². The average molecular weight is 313 g/mol. The first-order valence-corrected chi connectivity index (χ1v) is 7.87. The van der Waals surface area contributed by atoms with Crippen LogP contribution in [0.25, 0.3) is 0 Å². The molecule has 2 nitrogen and oxygen atoms in total. The van der Waals surface area contributed by atoms with E-state index in [0.29, 0.717) is 5.15 Å². The lowest BCUT2D eigenvalue weighted by molar-refractivity contribution is 0.608. The molecule has 1 aliphatic rings. The monoisotopic (exact) mass is 312 g/mol. The van der Waals surface area contributed by atoms with Gasteiger partial charge < -0.3 is 5.32 Å². The fourth-order valence-electron chi connectivity index (χ4n) is 2.51. The Morgan fingerprint density at radius 3 is 3.05 bits per heavy atom. The van der Waals surface area contributed by atoms with Gasteiger partial charge in [0.15, 0.2) is 5.15 Å². The van der Waals surface area contributed by atoms with Gasteiger partial charge in [-0.15, -0.1) is 11.3 Å². The molecule has 3 rings (SSSR count). The van der Waals surface area contributed by atoms with Crippen LogP contribution in [-0.4, -0.2) is 4.98 Å². The summed E-state index contributed by atoms with van der Waals surface area (Å²) in [4.78, 5) is 5.58. The van der Waals surface area contributed by atoms with Crippen molar-refractivity contribution in [1.82, 2.24) is 4.98 Å². The summed E-state index contributed by atoms with van der Waals surface area (Å²) in [5, 5.41) is 4.04. The number of anilines is 1. The Morgan fingerprint density at radius 1 is 1.37 bits per heavy atom. The first kappa shape index (κ1) is 13.2. The van der Waals surface area contributed by atoms with Gasteiger partial charge in [0.2, 0.25) is 0 Å². The van der Waals surface area contributed by atoms with E-state index in [2.05, 4.69) is 16.4 Å². The Bertz CT molecular complexity index is 609. The van der Waals surface area contributed by atoms with Crippen LogP contribution in [0.3, 0.4) is 0 Å². The Hall–Kier alpha value is -0.770. The minimum absolute atomic E-state index is 0.286. The van der Waals surface area contributed by atoms with Gasteiger partial charge in [0.05, 0.1) is 16.1 Å². The zero-order valence-electron chi connectivity index (χ0n) is 10.5. The molecule has 2 aromatic rings. The molecule has 2 aromatic heterocycles. The third-order valence-corrected chi connectivity index (χ3v) is 5.03. The lowest BCUT2D eigenvalue weighted by atomic mass is 9.94. The highest BCUT2D eigenvalue weighted by Crippen LogP contribution is 2.40. The number of pyridine rings is 1. The number of halogens is 2. The summed E-state index contributed by atoms with van der Waals surface area (Å²) < 4.78 is 0.868. The number of rotatable bonds is 2. The summed E-state index contributed by atoms with van der Waals surface area (Å²) in [6, 6.07) is 4.40. The van der Waals surface area contributed by atoms with E-state index < -0.39 is 0 Å².